The summed E-state index contributed by atoms with van der Waals surface area (Å²) in [4.78, 5) is 28.0. The lowest BCUT2D eigenvalue weighted by atomic mass is 10.2. The molecule has 0 saturated heterocycles. The van der Waals surface area contributed by atoms with Crippen LogP contribution in [0.3, 0.4) is 0 Å². The van der Waals surface area contributed by atoms with Gasteiger partial charge in [-0.25, -0.2) is 19.7 Å². The molecule has 0 amide bonds. The average molecular weight is 350 g/mol. The lowest BCUT2D eigenvalue weighted by molar-refractivity contribution is 0.0697. The van der Waals surface area contributed by atoms with Crippen molar-refractivity contribution < 1.29 is 9.90 Å². The highest BCUT2D eigenvalue weighted by atomic mass is 32.2. The Hall–Kier alpha value is -2.93. The van der Waals surface area contributed by atoms with E-state index >= 15 is 0 Å². The minimum atomic E-state index is -0.951. The molecule has 0 unspecified atom stereocenters. The van der Waals surface area contributed by atoms with Gasteiger partial charge in [0, 0.05) is 5.75 Å². The largest absolute Gasteiger partial charge is 0.478 e. The van der Waals surface area contributed by atoms with E-state index < -0.39 is 5.97 Å². The first kappa shape index (κ1) is 15.6. The van der Waals surface area contributed by atoms with Gasteiger partial charge < -0.3 is 10.1 Å². The topological polar surface area (TPSA) is 91.8 Å². The normalized spacial score (nSPS) is 11.2. The van der Waals surface area contributed by atoms with Crippen molar-refractivity contribution in [2.24, 2.45) is 0 Å². The zero-order valence-corrected chi connectivity index (χ0v) is 14.2. The fraction of sp³-hybridized carbons (Fsp3) is 0.111. The van der Waals surface area contributed by atoms with Crippen molar-refractivity contribution in [1.29, 1.82) is 0 Å². The van der Waals surface area contributed by atoms with Crippen molar-refractivity contribution in [2.45, 2.75) is 17.8 Å². The van der Waals surface area contributed by atoms with Crippen LogP contribution in [0.1, 0.15) is 21.7 Å². The number of hydrogen-bond acceptors (Lipinski definition) is 5. The Balaban J connectivity index is 1.59. The van der Waals surface area contributed by atoms with E-state index in [-0.39, 0.29) is 5.56 Å². The number of H-pyrrole nitrogens is 1. The highest BCUT2D eigenvalue weighted by Gasteiger charge is 2.10. The number of aromatic nitrogens is 4. The van der Waals surface area contributed by atoms with Crippen LogP contribution < -0.4 is 0 Å². The molecule has 4 aromatic rings. The van der Waals surface area contributed by atoms with Gasteiger partial charge in [-0.2, -0.15) is 0 Å². The molecule has 2 aromatic carbocycles. The van der Waals surface area contributed by atoms with Crippen LogP contribution in [0.2, 0.25) is 0 Å². The van der Waals surface area contributed by atoms with Crippen LogP contribution in [0.4, 0.5) is 0 Å². The van der Waals surface area contributed by atoms with Crippen LogP contribution in [0.25, 0.3) is 22.1 Å². The molecule has 6 nitrogen and oxygen atoms in total. The Morgan fingerprint density at radius 2 is 1.84 bits per heavy atom. The van der Waals surface area contributed by atoms with Gasteiger partial charge in [0.1, 0.15) is 0 Å². The molecule has 0 spiro atoms. The first-order valence-corrected chi connectivity index (χ1v) is 8.67. The number of para-hydroxylation sites is 2. The lowest BCUT2D eigenvalue weighted by Gasteiger charge is -2.05. The zero-order valence-electron chi connectivity index (χ0n) is 13.4. The van der Waals surface area contributed by atoms with E-state index in [1.54, 1.807) is 18.2 Å². The summed E-state index contributed by atoms with van der Waals surface area (Å²) in [5.41, 5.74) is 5.27. The summed E-state index contributed by atoms with van der Waals surface area (Å²) in [6.45, 7) is 1.95. The number of thioether (sulfide) groups is 1. The number of carboxylic acid groups (broad SMARTS) is 1. The zero-order chi connectivity index (χ0) is 17.4. The average Bonchev–Trinajstić information content (AvgIpc) is 3.01. The smallest absolute Gasteiger partial charge is 0.335 e. The van der Waals surface area contributed by atoms with Gasteiger partial charge >= 0.3 is 5.97 Å². The fourth-order valence-electron chi connectivity index (χ4n) is 2.59. The maximum atomic E-state index is 11.1. The minimum Gasteiger partial charge on any atom is -0.478 e. The van der Waals surface area contributed by atoms with Gasteiger partial charge in [-0.15, -0.1) is 0 Å². The van der Waals surface area contributed by atoms with Crippen LogP contribution in [0.15, 0.2) is 47.6 Å². The first-order valence-electron chi connectivity index (χ1n) is 7.68. The molecule has 4 rings (SSSR count). The summed E-state index contributed by atoms with van der Waals surface area (Å²) in [6, 6.07) is 12.7. The summed E-state index contributed by atoms with van der Waals surface area (Å²) in [5.74, 6) is -0.317. The predicted octanol–water partition coefficient (Wildman–Crippen LogP) is 3.81. The summed E-state index contributed by atoms with van der Waals surface area (Å²) < 4.78 is 0. The van der Waals surface area contributed by atoms with Crippen molar-refractivity contribution in [1.82, 2.24) is 19.9 Å². The number of carboxylic acids is 1. The molecular formula is C18H14N4O2S. The molecule has 2 aromatic heterocycles. The SMILES string of the molecule is Cc1nc2ccccc2nc1CSc1nc2ccc(C(=O)O)cc2[nH]1. The number of imidazole rings is 1. The molecule has 124 valence electrons. The summed E-state index contributed by atoms with van der Waals surface area (Å²) >= 11 is 1.52. The van der Waals surface area contributed by atoms with Crippen LogP contribution in [0, 0.1) is 6.92 Å². The molecule has 2 heterocycles. The predicted molar refractivity (Wildman–Crippen MR) is 96.9 cm³/mol. The third-order valence-electron chi connectivity index (χ3n) is 3.90. The molecule has 2 N–H and O–H groups in total. The third-order valence-corrected chi connectivity index (χ3v) is 4.78. The molecular weight excluding hydrogens is 336 g/mol. The van der Waals surface area contributed by atoms with Crippen LogP contribution in [0.5, 0.6) is 0 Å². The van der Waals surface area contributed by atoms with Gasteiger partial charge in [0.2, 0.25) is 0 Å². The molecule has 0 radical (unpaired) electrons. The van der Waals surface area contributed by atoms with Crippen molar-refractivity contribution in [3.63, 3.8) is 0 Å². The number of aromatic carboxylic acids is 1. The number of rotatable bonds is 4. The van der Waals surface area contributed by atoms with Crippen LogP contribution in [-0.2, 0) is 5.75 Å². The Kier molecular flexibility index (Phi) is 3.85. The first-order chi connectivity index (χ1) is 12.1. The Bertz CT molecular complexity index is 1110. The van der Waals surface area contributed by atoms with Crippen molar-refractivity contribution in [2.75, 3.05) is 0 Å². The molecule has 0 aliphatic carbocycles. The number of nitrogens with one attached hydrogen (secondary N) is 1. The minimum absolute atomic E-state index is 0.240. The van der Waals surface area contributed by atoms with Gasteiger partial charge in [-0.1, -0.05) is 23.9 Å². The maximum Gasteiger partial charge on any atom is 0.335 e. The fourth-order valence-corrected chi connectivity index (χ4v) is 3.48. The Morgan fingerprint density at radius 1 is 1.08 bits per heavy atom. The van der Waals surface area contributed by atoms with E-state index in [2.05, 4.69) is 19.9 Å². The molecule has 0 aliphatic rings. The van der Waals surface area contributed by atoms with Gasteiger partial charge in [0.25, 0.3) is 0 Å². The highest BCUT2D eigenvalue weighted by molar-refractivity contribution is 7.98. The highest BCUT2D eigenvalue weighted by Crippen LogP contribution is 2.24. The van der Waals surface area contributed by atoms with Crippen molar-refractivity contribution in [3.05, 3.63) is 59.4 Å². The Morgan fingerprint density at radius 3 is 2.60 bits per heavy atom. The lowest BCUT2D eigenvalue weighted by Crippen LogP contribution is -1.97. The monoisotopic (exact) mass is 350 g/mol. The number of carbonyl (C=O) groups is 1. The molecule has 0 saturated carbocycles. The maximum absolute atomic E-state index is 11.1. The number of aromatic amines is 1. The number of fused-ring (bicyclic) bond motifs is 2. The molecule has 0 fully saturated rings. The summed E-state index contributed by atoms with van der Waals surface area (Å²) in [6.07, 6.45) is 0. The van der Waals surface area contributed by atoms with Crippen LogP contribution in [-0.4, -0.2) is 31.0 Å². The molecule has 25 heavy (non-hydrogen) atoms. The molecule has 0 atom stereocenters. The van der Waals surface area contributed by atoms with E-state index in [0.29, 0.717) is 11.3 Å². The van der Waals surface area contributed by atoms with Gasteiger partial charge in [0.05, 0.1) is 39.0 Å². The molecule has 0 aliphatic heterocycles. The second kappa shape index (κ2) is 6.18. The van der Waals surface area contributed by atoms with Crippen molar-refractivity contribution >= 4 is 39.8 Å². The summed E-state index contributed by atoms with van der Waals surface area (Å²) in [7, 11) is 0. The van der Waals surface area contributed by atoms with E-state index in [4.69, 9.17) is 5.11 Å². The van der Waals surface area contributed by atoms with E-state index in [0.717, 1.165) is 33.1 Å². The number of aryl methyl sites for hydroxylation is 1. The summed E-state index contributed by atoms with van der Waals surface area (Å²) in [5, 5.41) is 9.79. The van der Waals surface area contributed by atoms with Gasteiger partial charge in [-0.05, 0) is 37.3 Å². The van der Waals surface area contributed by atoms with Crippen LogP contribution >= 0.6 is 11.8 Å². The molecule has 7 heteroatoms. The molecule has 0 bridgehead atoms. The second-order valence-electron chi connectivity index (χ2n) is 5.61. The number of benzene rings is 2. The third kappa shape index (κ3) is 3.06. The standard InChI is InChI=1S/C18H14N4O2S/c1-10-16(20-13-5-3-2-4-12(13)19-10)9-25-18-21-14-7-6-11(17(23)24)8-15(14)22-18/h2-8H,9H2,1H3,(H,21,22)(H,23,24). The number of nitrogens with zero attached hydrogens (tertiary/aromatic N) is 3. The second-order valence-corrected chi connectivity index (χ2v) is 6.58. The van der Waals surface area contributed by atoms with E-state index in [1.165, 1.54) is 11.8 Å². The Labute approximate surface area is 147 Å². The quantitative estimate of drug-likeness (QED) is 0.544. The number of hydrogen-bond donors (Lipinski definition) is 2. The van der Waals surface area contributed by atoms with Crippen molar-refractivity contribution in [3.8, 4) is 0 Å². The van der Waals surface area contributed by atoms with E-state index in [1.807, 2.05) is 31.2 Å². The van der Waals surface area contributed by atoms with Gasteiger partial charge in [-0.3, -0.25) is 0 Å². The van der Waals surface area contributed by atoms with E-state index in [9.17, 15) is 4.79 Å². The van der Waals surface area contributed by atoms with Gasteiger partial charge in [0.15, 0.2) is 5.16 Å².